The lowest BCUT2D eigenvalue weighted by Crippen LogP contribution is -2.30. The van der Waals surface area contributed by atoms with Crippen LogP contribution in [0.2, 0.25) is 0 Å². The third kappa shape index (κ3) is 4.74. The Labute approximate surface area is 115 Å². The van der Waals surface area contributed by atoms with E-state index in [1.807, 2.05) is 6.92 Å². The lowest BCUT2D eigenvalue weighted by atomic mass is 10.0. The van der Waals surface area contributed by atoms with Gasteiger partial charge in [-0.2, -0.15) is 0 Å². The van der Waals surface area contributed by atoms with Gasteiger partial charge in [0.15, 0.2) is 0 Å². The first-order valence-electron chi connectivity index (χ1n) is 5.81. The van der Waals surface area contributed by atoms with E-state index in [9.17, 15) is 14.3 Å². The number of nitrogens with one attached hydrogen (secondary N) is 1. The monoisotopic (exact) mass is 317 g/mol. The maximum Gasteiger partial charge on any atom is 0.254 e. The Kier molecular flexibility index (Phi) is 5.75. The van der Waals surface area contributed by atoms with Gasteiger partial charge in [-0.05, 0) is 37.5 Å². The molecule has 0 spiro atoms. The van der Waals surface area contributed by atoms with Crippen molar-refractivity contribution < 1.29 is 14.3 Å². The molecule has 0 heterocycles. The fourth-order valence-electron chi connectivity index (χ4n) is 1.70. The predicted octanol–water partition coefficient (Wildman–Crippen LogP) is 2.73. The Morgan fingerprint density at radius 3 is 2.72 bits per heavy atom. The molecule has 0 radical (unpaired) electrons. The van der Waals surface area contributed by atoms with E-state index >= 15 is 0 Å². The van der Waals surface area contributed by atoms with E-state index in [1.54, 1.807) is 13.0 Å². The van der Waals surface area contributed by atoms with Crippen molar-refractivity contribution in [1.82, 2.24) is 5.32 Å². The van der Waals surface area contributed by atoms with E-state index in [0.29, 0.717) is 17.4 Å². The summed E-state index contributed by atoms with van der Waals surface area (Å²) in [7, 11) is 0. The molecule has 3 nitrogen and oxygen atoms in total. The minimum absolute atomic E-state index is 0.0300. The van der Waals surface area contributed by atoms with E-state index in [2.05, 4.69) is 21.2 Å². The topological polar surface area (TPSA) is 49.3 Å². The number of halogens is 2. The molecule has 0 saturated carbocycles. The molecule has 0 bridgehead atoms. The summed E-state index contributed by atoms with van der Waals surface area (Å²) in [5.74, 6) is -0.838. The molecule has 2 atom stereocenters. The smallest absolute Gasteiger partial charge is 0.254 e. The minimum Gasteiger partial charge on any atom is -0.393 e. The lowest BCUT2D eigenvalue weighted by molar-refractivity contribution is 0.0935. The molecule has 1 aromatic rings. The number of carbonyl (C=O) groups excluding carboxylic acids is 1. The largest absolute Gasteiger partial charge is 0.393 e. The van der Waals surface area contributed by atoms with Crippen LogP contribution in [0.25, 0.3) is 0 Å². The molecule has 0 aliphatic rings. The quantitative estimate of drug-likeness (QED) is 0.877. The summed E-state index contributed by atoms with van der Waals surface area (Å²) in [6.07, 6.45) is 0.199. The van der Waals surface area contributed by atoms with Gasteiger partial charge in [0.1, 0.15) is 5.82 Å². The zero-order chi connectivity index (χ0) is 13.7. The normalized spacial score (nSPS) is 14.1. The fraction of sp³-hybridized carbons (Fsp3) is 0.462. The van der Waals surface area contributed by atoms with Crippen LogP contribution >= 0.6 is 15.9 Å². The number of hydrogen-bond acceptors (Lipinski definition) is 2. The zero-order valence-electron chi connectivity index (χ0n) is 10.4. The molecule has 0 aliphatic carbocycles. The number of rotatable bonds is 5. The zero-order valence-corrected chi connectivity index (χ0v) is 12.0. The molecule has 2 unspecified atom stereocenters. The SMILES string of the molecule is CC(O)CC(C)CNC(=O)c1ccc(Br)cc1F. The van der Waals surface area contributed by atoms with Gasteiger partial charge >= 0.3 is 0 Å². The van der Waals surface area contributed by atoms with Crippen LogP contribution in [-0.2, 0) is 0 Å². The highest BCUT2D eigenvalue weighted by Gasteiger charge is 2.13. The van der Waals surface area contributed by atoms with Gasteiger partial charge in [0, 0.05) is 11.0 Å². The van der Waals surface area contributed by atoms with Gasteiger partial charge < -0.3 is 10.4 Å². The second-order valence-corrected chi connectivity index (χ2v) is 5.44. The van der Waals surface area contributed by atoms with Crippen molar-refractivity contribution in [3.05, 3.63) is 34.1 Å². The van der Waals surface area contributed by atoms with Crippen LogP contribution < -0.4 is 5.32 Å². The number of hydrogen-bond donors (Lipinski definition) is 2. The molecular formula is C13H17BrFNO2. The first-order valence-corrected chi connectivity index (χ1v) is 6.60. The first-order chi connectivity index (χ1) is 8.40. The highest BCUT2D eigenvalue weighted by atomic mass is 79.9. The van der Waals surface area contributed by atoms with Gasteiger partial charge in [0.2, 0.25) is 0 Å². The van der Waals surface area contributed by atoms with Crippen molar-refractivity contribution in [1.29, 1.82) is 0 Å². The molecule has 1 rings (SSSR count). The highest BCUT2D eigenvalue weighted by molar-refractivity contribution is 9.10. The summed E-state index contributed by atoms with van der Waals surface area (Å²) in [4.78, 5) is 11.7. The summed E-state index contributed by atoms with van der Waals surface area (Å²) in [6.45, 7) is 4.04. The molecule has 0 fully saturated rings. The minimum atomic E-state index is -0.551. The van der Waals surface area contributed by atoms with Crippen LogP contribution in [-0.4, -0.2) is 23.7 Å². The molecule has 18 heavy (non-hydrogen) atoms. The van der Waals surface area contributed by atoms with Gasteiger partial charge in [-0.3, -0.25) is 4.79 Å². The second-order valence-electron chi connectivity index (χ2n) is 4.52. The van der Waals surface area contributed by atoms with Crippen molar-refractivity contribution in [2.75, 3.05) is 6.54 Å². The van der Waals surface area contributed by atoms with Gasteiger partial charge in [0.25, 0.3) is 5.91 Å². The molecule has 5 heteroatoms. The molecule has 1 amide bonds. The molecular weight excluding hydrogens is 301 g/mol. The summed E-state index contributed by atoms with van der Waals surface area (Å²) >= 11 is 3.14. The number of amides is 1. The van der Waals surface area contributed by atoms with Crippen LogP contribution in [0, 0.1) is 11.7 Å². The van der Waals surface area contributed by atoms with Crippen molar-refractivity contribution in [3.63, 3.8) is 0 Å². The van der Waals surface area contributed by atoms with E-state index in [4.69, 9.17) is 0 Å². The number of aliphatic hydroxyl groups excluding tert-OH is 1. The summed E-state index contributed by atoms with van der Waals surface area (Å²) in [6, 6.07) is 4.32. The fourth-order valence-corrected chi connectivity index (χ4v) is 2.03. The summed E-state index contributed by atoms with van der Waals surface area (Å²) in [5, 5.41) is 11.9. The molecule has 1 aromatic carbocycles. The number of aliphatic hydroxyl groups is 1. The highest BCUT2D eigenvalue weighted by Crippen LogP contribution is 2.15. The van der Waals surface area contributed by atoms with E-state index in [-0.39, 0.29) is 11.5 Å². The van der Waals surface area contributed by atoms with Gasteiger partial charge in [0.05, 0.1) is 11.7 Å². The molecule has 0 aliphatic heterocycles. The van der Waals surface area contributed by atoms with Gasteiger partial charge in [-0.15, -0.1) is 0 Å². The molecule has 0 aromatic heterocycles. The Morgan fingerprint density at radius 1 is 1.50 bits per heavy atom. The standard InChI is InChI=1S/C13H17BrFNO2/c1-8(5-9(2)17)7-16-13(18)11-4-3-10(14)6-12(11)15/h3-4,6,8-9,17H,5,7H2,1-2H3,(H,16,18). The lowest BCUT2D eigenvalue weighted by Gasteiger charge is -2.14. The number of carbonyl (C=O) groups is 1. The molecule has 100 valence electrons. The van der Waals surface area contributed by atoms with Crippen molar-refractivity contribution >= 4 is 21.8 Å². The van der Waals surface area contributed by atoms with Crippen LogP contribution in [0.1, 0.15) is 30.6 Å². The van der Waals surface area contributed by atoms with E-state index < -0.39 is 17.8 Å². The van der Waals surface area contributed by atoms with Gasteiger partial charge in [-0.1, -0.05) is 22.9 Å². The van der Waals surface area contributed by atoms with E-state index in [1.165, 1.54) is 12.1 Å². The first kappa shape index (κ1) is 15.1. The average Bonchev–Trinajstić information content (AvgIpc) is 2.25. The Bertz CT molecular complexity index is 423. The maximum atomic E-state index is 13.5. The summed E-state index contributed by atoms with van der Waals surface area (Å²) in [5.41, 5.74) is 0.0300. The van der Waals surface area contributed by atoms with E-state index in [0.717, 1.165) is 0 Å². The summed E-state index contributed by atoms with van der Waals surface area (Å²) < 4.78 is 14.1. The Morgan fingerprint density at radius 2 is 2.17 bits per heavy atom. The van der Waals surface area contributed by atoms with Crippen molar-refractivity contribution in [2.24, 2.45) is 5.92 Å². The van der Waals surface area contributed by atoms with Crippen LogP contribution in [0.4, 0.5) is 4.39 Å². The average molecular weight is 318 g/mol. The molecule has 2 N–H and O–H groups in total. The maximum absolute atomic E-state index is 13.5. The Balaban J connectivity index is 2.55. The Hall–Kier alpha value is -0.940. The van der Waals surface area contributed by atoms with Gasteiger partial charge in [-0.25, -0.2) is 4.39 Å². The van der Waals surface area contributed by atoms with Crippen LogP contribution in [0.15, 0.2) is 22.7 Å². The third-order valence-electron chi connectivity index (χ3n) is 2.53. The molecule has 0 saturated heterocycles. The predicted molar refractivity (Wildman–Crippen MR) is 71.9 cm³/mol. The van der Waals surface area contributed by atoms with Crippen LogP contribution in [0.3, 0.4) is 0 Å². The van der Waals surface area contributed by atoms with Crippen LogP contribution in [0.5, 0.6) is 0 Å². The second kappa shape index (κ2) is 6.85. The van der Waals surface area contributed by atoms with Crippen molar-refractivity contribution in [3.8, 4) is 0 Å². The number of benzene rings is 1. The van der Waals surface area contributed by atoms with Crippen molar-refractivity contribution in [2.45, 2.75) is 26.4 Å². The third-order valence-corrected chi connectivity index (χ3v) is 3.02.